The Morgan fingerprint density at radius 2 is 1.94 bits per heavy atom. The Labute approximate surface area is 108 Å². The number of hydrogen-bond acceptors (Lipinski definition) is 1. The van der Waals surface area contributed by atoms with Gasteiger partial charge in [-0.25, -0.2) is 4.68 Å². The minimum atomic E-state index is 0.0676. The third kappa shape index (κ3) is 2.07. The van der Waals surface area contributed by atoms with Crippen LogP contribution < -0.4 is 5.56 Å². The molecule has 2 rings (SSSR count). The minimum absolute atomic E-state index is 0.0676. The second-order valence-electron chi connectivity index (χ2n) is 3.57. The summed E-state index contributed by atoms with van der Waals surface area (Å²) < 4.78 is 4.62. The first-order valence-corrected chi connectivity index (χ1v) is 6.65. The van der Waals surface area contributed by atoms with E-state index < -0.39 is 0 Å². The SMILES string of the molecule is Cn1c(-c2ccccc2)cc(=O)n1CCI. The first-order valence-electron chi connectivity index (χ1n) is 5.12. The third-order valence-electron chi connectivity index (χ3n) is 2.59. The van der Waals surface area contributed by atoms with E-state index in [1.54, 1.807) is 10.7 Å². The van der Waals surface area contributed by atoms with Gasteiger partial charge >= 0.3 is 0 Å². The van der Waals surface area contributed by atoms with Crippen LogP contribution in [0.3, 0.4) is 0 Å². The zero-order valence-electron chi connectivity index (χ0n) is 9.06. The zero-order chi connectivity index (χ0) is 11.5. The van der Waals surface area contributed by atoms with E-state index in [0.717, 1.165) is 22.2 Å². The van der Waals surface area contributed by atoms with Gasteiger partial charge in [0.05, 0.1) is 12.2 Å². The summed E-state index contributed by atoms with van der Waals surface area (Å²) in [6.45, 7) is 0.753. The van der Waals surface area contributed by atoms with Crippen molar-refractivity contribution in [2.45, 2.75) is 6.54 Å². The summed E-state index contributed by atoms with van der Waals surface area (Å²) in [5.74, 6) is 0. The predicted octanol–water partition coefficient (Wildman–Crippen LogP) is 2.29. The highest BCUT2D eigenvalue weighted by molar-refractivity contribution is 14.1. The fourth-order valence-electron chi connectivity index (χ4n) is 1.78. The van der Waals surface area contributed by atoms with Crippen molar-refractivity contribution in [3.63, 3.8) is 0 Å². The standard InChI is InChI=1S/C12H13IN2O/c1-14-11(10-5-3-2-4-6-10)9-12(16)15(14)8-7-13/h2-6,9H,7-8H2,1H3. The van der Waals surface area contributed by atoms with Crippen LogP contribution >= 0.6 is 22.6 Å². The quantitative estimate of drug-likeness (QED) is 0.627. The molecule has 84 valence electrons. The molecule has 3 nitrogen and oxygen atoms in total. The van der Waals surface area contributed by atoms with Crippen LogP contribution in [-0.2, 0) is 13.6 Å². The highest BCUT2D eigenvalue weighted by atomic mass is 127. The molecule has 0 fully saturated rings. The van der Waals surface area contributed by atoms with Crippen molar-refractivity contribution in [2.75, 3.05) is 4.43 Å². The number of aromatic nitrogens is 2. The number of nitrogens with zero attached hydrogens (tertiary/aromatic N) is 2. The molecule has 1 heterocycles. The Kier molecular flexibility index (Phi) is 3.48. The van der Waals surface area contributed by atoms with Crippen LogP contribution in [0.2, 0.25) is 0 Å². The van der Waals surface area contributed by atoms with E-state index in [0.29, 0.717) is 0 Å². The van der Waals surface area contributed by atoms with Gasteiger partial charge in [-0.3, -0.25) is 9.48 Å². The second kappa shape index (κ2) is 4.86. The average Bonchev–Trinajstić information content (AvgIpc) is 2.59. The molecule has 0 N–H and O–H groups in total. The van der Waals surface area contributed by atoms with E-state index in [9.17, 15) is 4.79 Å². The smallest absolute Gasteiger partial charge is 0.267 e. The predicted molar refractivity (Wildman–Crippen MR) is 74.0 cm³/mol. The monoisotopic (exact) mass is 328 g/mol. The topological polar surface area (TPSA) is 26.9 Å². The Balaban J connectivity index is 2.52. The van der Waals surface area contributed by atoms with Gasteiger partial charge in [-0.15, -0.1) is 0 Å². The van der Waals surface area contributed by atoms with Crippen LogP contribution in [0.4, 0.5) is 0 Å². The molecular weight excluding hydrogens is 315 g/mol. The molecule has 4 heteroatoms. The summed E-state index contributed by atoms with van der Waals surface area (Å²) in [5, 5.41) is 0. The van der Waals surface area contributed by atoms with E-state index >= 15 is 0 Å². The Hall–Kier alpha value is -1.04. The molecule has 0 aliphatic carbocycles. The van der Waals surface area contributed by atoms with Crippen LogP contribution in [-0.4, -0.2) is 13.8 Å². The van der Waals surface area contributed by atoms with E-state index in [4.69, 9.17) is 0 Å². The van der Waals surface area contributed by atoms with Gasteiger partial charge in [-0.2, -0.15) is 0 Å². The molecule has 0 bridgehead atoms. The molecule has 0 radical (unpaired) electrons. The molecule has 1 aromatic heterocycles. The highest BCUT2D eigenvalue weighted by Gasteiger charge is 2.08. The molecule has 0 amide bonds. The molecule has 0 aliphatic rings. The molecular formula is C12H13IN2O. The van der Waals surface area contributed by atoms with E-state index in [1.807, 2.05) is 42.1 Å². The lowest BCUT2D eigenvalue weighted by molar-refractivity contribution is 0.530. The van der Waals surface area contributed by atoms with Crippen LogP contribution in [0.25, 0.3) is 11.3 Å². The van der Waals surface area contributed by atoms with Gasteiger partial charge < -0.3 is 0 Å². The molecule has 0 saturated carbocycles. The first-order chi connectivity index (χ1) is 7.74. The fraction of sp³-hybridized carbons (Fsp3) is 0.250. The van der Waals surface area contributed by atoms with Crippen molar-refractivity contribution in [1.82, 2.24) is 9.36 Å². The van der Waals surface area contributed by atoms with E-state index in [-0.39, 0.29) is 5.56 Å². The lowest BCUT2D eigenvalue weighted by atomic mass is 10.1. The van der Waals surface area contributed by atoms with Crippen molar-refractivity contribution >= 4 is 22.6 Å². The Morgan fingerprint density at radius 1 is 1.25 bits per heavy atom. The molecule has 0 saturated heterocycles. The van der Waals surface area contributed by atoms with E-state index in [1.165, 1.54) is 0 Å². The van der Waals surface area contributed by atoms with Gasteiger partial charge in [-0.1, -0.05) is 52.9 Å². The third-order valence-corrected chi connectivity index (χ3v) is 3.07. The molecule has 0 unspecified atom stereocenters. The molecule has 0 atom stereocenters. The van der Waals surface area contributed by atoms with Crippen LogP contribution in [0.15, 0.2) is 41.2 Å². The van der Waals surface area contributed by atoms with Gasteiger partial charge in [-0.05, 0) is 5.56 Å². The van der Waals surface area contributed by atoms with Crippen molar-refractivity contribution in [3.05, 3.63) is 46.8 Å². The minimum Gasteiger partial charge on any atom is -0.285 e. The van der Waals surface area contributed by atoms with E-state index in [2.05, 4.69) is 22.6 Å². The lowest BCUT2D eigenvalue weighted by Gasteiger charge is -2.08. The largest absolute Gasteiger partial charge is 0.285 e. The normalized spacial score (nSPS) is 10.6. The fourth-order valence-corrected chi connectivity index (χ4v) is 2.24. The van der Waals surface area contributed by atoms with Crippen molar-refractivity contribution < 1.29 is 0 Å². The summed E-state index contributed by atoms with van der Waals surface area (Å²) >= 11 is 2.28. The summed E-state index contributed by atoms with van der Waals surface area (Å²) in [5.41, 5.74) is 2.11. The van der Waals surface area contributed by atoms with Crippen LogP contribution in [0.5, 0.6) is 0 Å². The van der Waals surface area contributed by atoms with Crippen molar-refractivity contribution in [3.8, 4) is 11.3 Å². The van der Waals surface area contributed by atoms with Crippen LogP contribution in [0, 0.1) is 0 Å². The molecule has 1 aromatic carbocycles. The number of rotatable bonds is 3. The number of halogens is 1. The average molecular weight is 328 g/mol. The maximum absolute atomic E-state index is 11.8. The maximum atomic E-state index is 11.8. The second-order valence-corrected chi connectivity index (χ2v) is 4.65. The van der Waals surface area contributed by atoms with Crippen molar-refractivity contribution in [2.24, 2.45) is 7.05 Å². The Bertz CT molecular complexity index is 528. The summed E-state index contributed by atoms with van der Waals surface area (Å²) in [6, 6.07) is 11.7. The highest BCUT2D eigenvalue weighted by Crippen LogP contribution is 2.16. The van der Waals surface area contributed by atoms with Crippen molar-refractivity contribution in [1.29, 1.82) is 0 Å². The molecule has 2 aromatic rings. The zero-order valence-corrected chi connectivity index (χ0v) is 11.2. The van der Waals surface area contributed by atoms with Gasteiger partial charge in [0.1, 0.15) is 0 Å². The van der Waals surface area contributed by atoms with Gasteiger partial charge in [0.25, 0.3) is 5.56 Å². The molecule has 0 spiro atoms. The summed E-state index contributed by atoms with van der Waals surface area (Å²) in [4.78, 5) is 11.8. The van der Waals surface area contributed by atoms with Gasteiger partial charge in [0, 0.05) is 17.5 Å². The van der Waals surface area contributed by atoms with Gasteiger partial charge in [0.2, 0.25) is 0 Å². The first kappa shape index (κ1) is 11.4. The van der Waals surface area contributed by atoms with Crippen LogP contribution in [0.1, 0.15) is 0 Å². The maximum Gasteiger partial charge on any atom is 0.267 e. The number of hydrogen-bond donors (Lipinski definition) is 0. The molecule has 0 aliphatic heterocycles. The number of benzene rings is 1. The molecule has 16 heavy (non-hydrogen) atoms. The summed E-state index contributed by atoms with van der Waals surface area (Å²) in [7, 11) is 1.93. The van der Waals surface area contributed by atoms with Gasteiger partial charge in [0.15, 0.2) is 0 Å². The number of alkyl halides is 1. The lowest BCUT2D eigenvalue weighted by Crippen LogP contribution is -2.21. The summed E-state index contributed by atoms with van der Waals surface area (Å²) in [6.07, 6.45) is 0. The Morgan fingerprint density at radius 3 is 2.56 bits per heavy atom.